The lowest BCUT2D eigenvalue weighted by Crippen LogP contribution is -2.15. The molecular weight excluding hydrogens is 374 g/mol. The van der Waals surface area contributed by atoms with Crippen molar-refractivity contribution in [1.29, 1.82) is 0 Å². The molecule has 0 fully saturated rings. The summed E-state index contributed by atoms with van der Waals surface area (Å²) in [6.07, 6.45) is 0. The molecule has 0 spiro atoms. The average molecular weight is 394 g/mol. The number of esters is 2. The Kier molecular flexibility index (Phi) is 7.74. The number of benzene rings is 2. The van der Waals surface area contributed by atoms with Gasteiger partial charge in [-0.3, -0.25) is 0 Å². The Labute approximate surface area is 161 Å². The van der Waals surface area contributed by atoms with E-state index in [9.17, 15) is 18.4 Å². The summed E-state index contributed by atoms with van der Waals surface area (Å²) < 4.78 is 47.9. The van der Waals surface area contributed by atoms with Gasteiger partial charge in [0, 0.05) is 0 Å². The van der Waals surface area contributed by atoms with Crippen LogP contribution in [0.1, 0.15) is 13.8 Å². The van der Waals surface area contributed by atoms with Crippen LogP contribution in [0.5, 0.6) is 11.5 Å². The van der Waals surface area contributed by atoms with Crippen LogP contribution in [0.4, 0.5) is 8.78 Å². The van der Waals surface area contributed by atoms with E-state index in [4.69, 9.17) is 18.9 Å². The highest BCUT2D eigenvalue weighted by Gasteiger charge is 2.12. The molecule has 0 aliphatic carbocycles. The zero-order valence-corrected chi connectivity index (χ0v) is 15.5. The Morgan fingerprint density at radius 3 is 1.46 bits per heavy atom. The predicted molar refractivity (Wildman–Crippen MR) is 96.1 cm³/mol. The third-order valence-electron chi connectivity index (χ3n) is 3.50. The summed E-state index contributed by atoms with van der Waals surface area (Å²) >= 11 is 0. The lowest BCUT2D eigenvalue weighted by atomic mass is 10.0. The minimum Gasteiger partial charge on any atom is -0.479 e. The molecule has 0 aromatic heterocycles. The van der Waals surface area contributed by atoms with Gasteiger partial charge in [0.1, 0.15) is 0 Å². The highest BCUT2D eigenvalue weighted by Crippen LogP contribution is 2.29. The van der Waals surface area contributed by atoms with E-state index in [0.717, 1.165) is 12.1 Å². The maximum Gasteiger partial charge on any atom is 0.344 e. The fraction of sp³-hybridized carbons (Fsp3) is 0.300. The van der Waals surface area contributed by atoms with Crippen molar-refractivity contribution in [2.75, 3.05) is 26.4 Å². The molecule has 0 aliphatic heterocycles. The standard InChI is InChI=1S/C20H20F2O6/c1-3-25-19(23)11-27-17-7-5-13(9-15(17)21)14-6-8-18(16(22)10-14)28-12-20(24)26-4-2/h5-10H,3-4,11-12H2,1-2H3. The lowest BCUT2D eigenvalue weighted by Gasteiger charge is -2.10. The number of halogens is 2. The van der Waals surface area contributed by atoms with Crippen molar-refractivity contribution in [3.8, 4) is 22.6 Å². The summed E-state index contributed by atoms with van der Waals surface area (Å²) in [5.41, 5.74) is 0.800. The van der Waals surface area contributed by atoms with Crippen molar-refractivity contribution in [3.05, 3.63) is 48.0 Å². The predicted octanol–water partition coefficient (Wildman–Crippen LogP) is 3.52. The number of ether oxygens (including phenoxy) is 4. The minimum absolute atomic E-state index is 0.119. The molecule has 0 bridgehead atoms. The number of carbonyl (C=O) groups is 2. The van der Waals surface area contributed by atoms with Crippen LogP contribution in [0, 0.1) is 11.6 Å². The van der Waals surface area contributed by atoms with Gasteiger partial charge in [0.25, 0.3) is 0 Å². The maximum atomic E-state index is 14.2. The highest BCUT2D eigenvalue weighted by molar-refractivity contribution is 5.72. The topological polar surface area (TPSA) is 71.1 Å². The third-order valence-corrected chi connectivity index (χ3v) is 3.50. The summed E-state index contributed by atoms with van der Waals surface area (Å²) in [7, 11) is 0. The smallest absolute Gasteiger partial charge is 0.344 e. The van der Waals surface area contributed by atoms with Crippen molar-refractivity contribution in [2.45, 2.75) is 13.8 Å². The first-order valence-corrected chi connectivity index (χ1v) is 8.60. The molecule has 0 unspecified atom stereocenters. The van der Waals surface area contributed by atoms with E-state index in [1.807, 2.05) is 0 Å². The van der Waals surface area contributed by atoms with Crippen molar-refractivity contribution in [3.63, 3.8) is 0 Å². The lowest BCUT2D eigenvalue weighted by molar-refractivity contribution is -0.146. The first-order valence-electron chi connectivity index (χ1n) is 8.60. The Balaban J connectivity index is 2.06. The largest absolute Gasteiger partial charge is 0.479 e. The number of hydrogen-bond donors (Lipinski definition) is 0. The van der Waals surface area contributed by atoms with Crippen LogP contribution in [0.2, 0.25) is 0 Å². The molecule has 0 atom stereocenters. The molecule has 0 N–H and O–H groups in total. The SMILES string of the molecule is CCOC(=O)COc1ccc(-c2ccc(OCC(=O)OCC)c(F)c2)cc1F. The molecule has 0 radical (unpaired) electrons. The summed E-state index contributed by atoms with van der Waals surface area (Å²) in [6.45, 7) is 2.89. The van der Waals surface area contributed by atoms with Crippen LogP contribution >= 0.6 is 0 Å². The maximum absolute atomic E-state index is 14.2. The van der Waals surface area contributed by atoms with Gasteiger partial charge < -0.3 is 18.9 Å². The second-order valence-electron chi connectivity index (χ2n) is 5.48. The van der Waals surface area contributed by atoms with Crippen LogP contribution in [-0.4, -0.2) is 38.4 Å². The van der Waals surface area contributed by atoms with Crippen molar-refractivity contribution < 1.29 is 37.3 Å². The fourth-order valence-electron chi connectivity index (χ4n) is 2.27. The summed E-state index contributed by atoms with van der Waals surface area (Å²) in [5.74, 6) is -2.86. The first-order chi connectivity index (χ1) is 13.4. The number of hydrogen-bond acceptors (Lipinski definition) is 6. The fourth-order valence-corrected chi connectivity index (χ4v) is 2.27. The van der Waals surface area contributed by atoms with Crippen molar-refractivity contribution >= 4 is 11.9 Å². The third kappa shape index (κ3) is 5.94. The van der Waals surface area contributed by atoms with E-state index in [2.05, 4.69) is 0 Å². The van der Waals surface area contributed by atoms with Crippen LogP contribution in [0.3, 0.4) is 0 Å². The molecule has 2 rings (SSSR count). The van der Waals surface area contributed by atoms with Crippen molar-refractivity contribution in [1.82, 2.24) is 0 Å². The average Bonchev–Trinajstić information content (AvgIpc) is 2.66. The zero-order valence-electron chi connectivity index (χ0n) is 15.5. The molecule has 6 nitrogen and oxygen atoms in total. The van der Waals surface area contributed by atoms with Gasteiger partial charge in [-0.05, 0) is 49.2 Å². The van der Waals surface area contributed by atoms with E-state index in [1.54, 1.807) is 13.8 Å². The van der Waals surface area contributed by atoms with E-state index >= 15 is 0 Å². The Hall–Kier alpha value is -3.16. The van der Waals surface area contributed by atoms with Gasteiger partial charge in [-0.15, -0.1) is 0 Å². The van der Waals surface area contributed by atoms with E-state index in [0.29, 0.717) is 11.1 Å². The van der Waals surface area contributed by atoms with E-state index < -0.39 is 36.8 Å². The molecule has 0 saturated heterocycles. The van der Waals surface area contributed by atoms with Gasteiger partial charge in [-0.2, -0.15) is 0 Å². The van der Waals surface area contributed by atoms with Gasteiger partial charge in [0.05, 0.1) is 13.2 Å². The van der Waals surface area contributed by atoms with Crippen molar-refractivity contribution in [2.24, 2.45) is 0 Å². The Bertz CT molecular complexity index is 768. The molecular formula is C20H20F2O6. The molecule has 0 saturated carbocycles. The molecule has 0 heterocycles. The van der Waals surface area contributed by atoms with E-state index in [1.165, 1.54) is 24.3 Å². The minimum atomic E-state index is -0.704. The van der Waals surface area contributed by atoms with Gasteiger partial charge in [0.2, 0.25) is 0 Å². The Morgan fingerprint density at radius 2 is 1.14 bits per heavy atom. The Morgan fingerprint density at radius 1 is 0.750 bits per heavy atom. The molecule has 2 aromatic rings. The first kappa shape index (κ1) is 21.1. The molecule has 150 valence electrons. The van der Waals surface area contributed by atoms with Gasteiger partial charge in [-0.25, -0.2) is 18.4 Å². The molecule has 0 amide bonds. The monoisotopic (exact) mass is 394 g/mol. The number of carbonyl (C=O) groups excluding carboxylic acids is 2. The van der Waals surface area contributed by atoms with Gasteiger partial charge >= 0.3 is 11.9 Å². The molecule has 28 heavy (non-hydrogen) atoms. The second kappa shape index (κ2) is 10.2. The molecule has 8 heteroatoms. The van der Waals surface area contributed by atoms with E-state index in [-0.39, 0.29) is 24.7 Å². The normalized spacial score (nSPS) is 10.3. The quantitative estimate of drug-likeness (QED) is 0.606. The van der Waals surface area contributed by atoms with Crippen LogP contribution < -0.4 is 9.47 Å². The van der Waals surface area contributed by atoms with Crippen LogP contribution in [0.25, 0.3) is 11.1 Å². The summed E-state index contributed by atoms with van der Waals surface area (Å²) in [6, 6.07) is 8.05. The highest BCUT2D eigenvalue weighted by atomic mass is 19.1. The van der Waals surface area contributed by atoms with Gasteiger partial charge in [0.15, 0.2) is 36.3 Å². The number of rotatable bonds is 9. The second-order valence-corrected chi connectivity index (χ2v) is 5.48. The zero-order chi connectivity index (χ0) is 20.5. The molecule has 2 aromatic carbocycles. The van der Waals surface area contributed by atoms with Gasteiger partial charge in [-0.1, -0.05) is 12.1 Å². The molecule has 0 aliphatic rings. The summed E-state index contributed by atoms with van der Waals surface area (Å²) in [4.78, 5) is 22.5. The van der Waals surface area contributed by atoms with Crippen LogP contribution in [0.15, 0.2) is 36.4 Å². The van der Waals surface area contributed by atoms with Crippen LogP contribution in [-0.2, 0) is 19.1 Å². The summed E-state index contributed by atoms with van der Waals surface area (Å²) in [5, 5.41) is 0.